The lowest BCUT2D eigenvalue weighted by atomic mass is 9.78. The number of hydrogen-bond acceptors (Lipinski definition) is 6. The van der Waals surface area contributed by atoms with Gasteiger partial charge in [0.05, 0.1) is 0 Å². The van der Waals surface area contributed by atoms with Crippen LogP contribution in [0.5, 0.6) is 5.75 Å². The van der Waals surface area contributed by atoms with Crippen LogP contribution in [0.25, 0.3) is 10.8 Å². The Labute approximate surface area is 121 Å². The van der Waals surface area contributed by atoms with Crippen LogP contribution in [0, 0.1) is 5.92 Å². The van der Waals surface area contributed by atoms with Crippen LogP contribution in [-0.2, 0) is 10.3 Å². The van der Waals surface area contributed by atoms with E-state index in [1.807, 2.05) is 0 Å². The topological polar surface area (TPSA) is 68.4 Å². The first-order valence-electron chi connectivity index (χ1n) is 6.81. The van der Waals surface area contributed by atoms with Crippen LogP contribution in [0.2, 0.25) is 0 Å². The summed E-state index contributed by atoms with van der Waals surface area (Å²) in [5.41, 5.74) is -0.452. The summed E-state index contributed by atoms with van der Waals surface area (Å²) >= 11 is 1.38. The molecular weight excluding hydrogens is 276 g/mol. The monoisotopic (exact) mass is 294 g/mol. The van der Waals surface area contributed by atoms with Gasteiger partial charge in [0.2, 0.25) is 5.82 Å². The summed E-state index contributed by atoms with van der Waals surface area (Å²) in [7, 11) is 1.71. The molecule has 2 heterocycles. The average Bonchev–Trinajstić information content (AvgIpc) is 3.07. The van der Waals surface area contributed by atoms with Crippen LogP contribution >= 0.6 is 11.3 Å². The van der Waals surface area contributed by atoms with Crippen molar-refractivity contribution in [3.8, 4) is 16.5 Å². The maximum atomic E-state index is 9.74. The molecule has 20 heavy (non-hydrogen) atoms. The van der Waals surface area contributed by atoms with Crippen LogP contribution in [0.3, 0.4) is 0 Å². The second-order valence-electron chi connectivity index (χ2n) is 5.46. The predicted molar refractivity (Wildman–Crippen MR) is 75.6 cm³/mol. The highest BCUT2D eigenvalue weighted by molar-refractivity contribution is 7.13. The first kappa shape index (κ1) is 13.6. The highest BCUT2D eigenvalue weighted by Gasteiger charge is 2.41. The number of ether oxygens (including phenoxy) is 1. The highest BCUT2D eigenvalue weighted by atomic mass is 32.1. The lowest BCUT2D eigenvalue weighted by molar-refractivity contribution is -0.0658. The third-order valence-electron chi connectivity index (χ3n) is 4.02. The molecule has 1 aliphatic rings. The minimum atomic E-state index is -0.452. The molecule has 1 aliphatic carbocycles. The number of rotatable bonds is 3. The van der Waals surface area contributed by atoms with Crippen molar-refractivity contribution < 1.29 is 14.4 Å². The second kappa shape index (κ2) is 5.18. The van der Waals surface area contributed by atoms with Crippen LogP contribution in [-0.4, -0.2) is 22.4 Å². The highest BCUT2D eigenvalue weighted by Crippen LogP contribution is 2.42. The molecule has 1 fully saturated rings. The van der Waals surface area contributed by atoms with E-state index >= 15 is 0 Å². The molecule has 5 nitrogen and oxygen atoms in total. The van der Waals surface area contributed by atoms with Gasteiger partial charge in [-0.1, -0.05) is 18.5 Å². The standard InChI is InChI=1S/C14H18N2O3S/c1-9-4-3-6-14(8-9,18-2)13-15-12(19-16-13)11-10(17)5-7-20-11/h5,7,9,17H,3-4,6,8H2,1-2H3. The lowest BCUT2D eigenvalue weighted by Crippen LogP contribution is -2.35. The Morgan fingerprint density at radius 1 is 1.55 bits per heavy atom. The lowest BCUT2D eigenvalue weighted by Gasteiger charge is -2.36. The van der Waals surface area contributed by atoms with Gasteiger partial charge in [-0.2, -0.15) is 4.98 Å². The average molecular weight is 294 g/mol. The fourth-order valence-corrected chi connectivity index (χ4v) is 3.65. The van der Waals surface area contributed by atoms with E-state index in [2.05, 4.69) is 17.1 Å². The summed E-state index contributed by atoms with van der Waals surface area (Å²) in [5.74, 6) is 1.71. The molecule has 108 valence electrons. The molecule has 1 saturated carbocycles. The van der Waals surface area contributed by atoms with Crippen molar-refractivity contribution in [2.75, 3.05) is 7.11 Å². The van der Waals surface area contributed by atoms with Gasteiger partial charge in [0, 0.05) is 7.11 Å². The van der Waals surface area contributed by atoms with E-state index in [1.165, 1.54) is 17.8 Å². The second-order valence-corrected chi connectivity index (χ2v) is 6.37. The van der Waals surface area contributed by atoms with Crippen molar-refractivity contribution in [2.45, 2.75) is 38.2 Å². The van der Waals surface area contributed by atoms with E-state index in [4.69, 9.17) is 9.26 Å². The Kier molecular flexibility index (Phi) is 3.52. The van der Waals surface area contributed by atoms with Crippen LogP contribution in [0.4, 0.5) is 0 Å². The molecule has 0 saturated heterocycles. The molecule has 2 aromatic heterocycles. The first-order chi connectivity index (χ1) is 9.64. The minimum Gasteiger partial charge on any atom is -0.506 e. The van der Waals surface area contributed by atoms with Gasteiger partial charge in [0.1, 0.15) is 16.2 Å². The number of hydrogen-bond donors (Lipinski definition) is 1. The van der Waals surface area contributed by atoms with E-state index in [9.17, 15) is 5.11 Å². The Morgan fingerprint density at radius 2 is 2.40 bits per heavy atom. The van der Waals surface area contributed by atoms with Crippen molar-refractivity contribution in [1.29, 1.82) is 0 Å². The van der Waals surface area contributed by atoms with Crippen LogP contribution < -0.4 is 0 Å². The maximum absolute atomic E-state index is 9.74. The summed E-state index contributed by atoms with van der Waals surface area (Å²) in [5, 5.41) is 15.6. The van der Waals surface area contributed by atoms with Crippen molar-refractivity contribution in [3.63, 3.8) is 0 Å². The maximum Gasteiger partial charge on any atom is 0.271 e. The van der Waals surface area contributed by atoms with Crippen LogP contribution in [0.1, 0.15) is 38.4 Å². The SMILES string of the molecule is COC1(c2noc(-c3sccc3O)n2)CCCC(C)C1. The molecule has 0 spiro atoms. The van der Waals surface area contributed by atoms with E-state index in [-0.39, 0.29) is 5.75 Å². The molecule has 0 amide bonds. The van der Waals surface area contributed by atoms with Gasteiger partial charge >= 0.3 is 0 Å². The molecule has 2 unspecified atom stereocenters. The van der Waals surface area contributed by atoms with Gasteiger partial charge in [-0.25, -0.2) is 0 Å². The third-order valence-corrected chi connectivity index (χ3v) is 4.91. The van der Waals surface area contributed by atoms with Crippen molar-refractivity contribution in [3.05, 3.63) is 17.3 Å². The Morgan fingerprint density at radius 3 is 3.05 bits per heavy atom. The number of thiophene rings is 1. The third kappa shape index (κ3) is 2.23. The van der Waals surface area contributed by atoms with E-state index in [1.54, 1.807) is 18.6 Å². The summed E-state index contributed by atoms with van der Waals surface area (Å²) in [6.45, 7) is 2.22. The zero-order valence-corrected chi connectivity index (χ0v) is 12.4. The zero-order valence-electron chi connectivity index (χ0n) is 11.6. The van der Waals surface area contributed by atoms with Crippen molar-refractivity contribution in [2.24, 2.45) is 5.92 Å². The van der Waals surface area contributed by atoms with Gasteiger partial charge in [-0.15, -0.1) is 11.3 Å². The summed E-state index contributed by atoms with van der Waals surface area (Å²) in [6, 6.07) is 1.62. The van der Waals surface area contributed by atoms with Crippen molar-refractivity contribution >= 4 is 11.3 Å². The molecule has 0 bridgehead atoms. The molecule has 2 aromatic rings. The number of nitrogens with zero attached hydrogens (tertiary/aromatic N) is 2. The largest absolute Gasteiger partial charge is 0.506 e. The van der Waals surface area contributed by atoms with Gasteiger partial charge in [0.15, 0.2) is 0 Å². The van der Waals surface area contributed by atoms with E-state index in [0.29, 0.717) is 22.5 Å². The molecule has 2 atom stereocenters. The summed E-state index contributed by atoms with van der Waals surface area (Å²) < 4.78 is 11.1. The Balaban J connectivity index is 1.94. The zero-order chi connectivity index (χ0) is 14.2. The molecule has 0 radical (unpaired) electrons. The minimum absolute atomic E-state index is 0.175. The summed E-state index contributed by atoms with van der Waals surface area (Å²) in [4.78, 5) is 5.07. The van der Waals surface area contributed by atoms with E-state index in [0.717, 1.165) is 19.3 Å². The molecular formula is C14H18N2O3S. The molecule has 0 aliphatic heterocycles. The van der Waals surface area contributed by atoms with Gasteiger partial charge in [-0.3, -0.25) is 0 Å². The first-order valence-corrected chi connectivity index (χ1v) is 7.69. The number of aromatic nitrogens is 2. The molecule has 6 heteroatoms. The van der Waals surface area contributed by atoms with E-state index < -0.39 is 5.60 Å². The Bertz CT molecular complexity index is 595. The number of aromatic hydroxyl groups is 1. The normalized spacial score (nSPS) is 26.8. The van der Waals surface area contributed by atoms with Gasteiger partial charge < -0.3 is 14.4 Å². The Hall–Kier alpha value is -1.40. The van der Waals surface area contributed by atoms with Gasteiger partial charge in [-0.05, 0) is 36.6 Å². The quantitative estimate of drug-likeness (QED) is 0.937. The van der Waals surface area contributed by atoms with Gasteiger partial charge in [0.25, 0.3) is 5.89 Å². The smallest absolute Gasteiger partial charge is 0.271 e. The fraction of sp³-hybridized carbons (Fsp3) is 0.571. The fourth-order valence-electron chi connectivity index (χ4n) is 2.95. The van der Waals surface area contributed by atoms with Crippen molar-refractivity contribution in [1.82, 2.24) is 10.1 Å². The van der Waals surface area contributed by atoms with Crippen LogP contribution in [0.15, 0.2) is 16.0 Å². The molecule has 1 N–H and O–H groups in total. The molecule has 3 rings (SSSR count). The molecule has 0 aromatic carbocycles. The predicted octanol–water partition coefficient (Wildman–Crippen LogP) is 3.56. The number of methoxy groups -OCH3 is 1. The summed E-state index contributed by atoms with van der Waals surface area (Å²) in [6.07, 6.45) is 4.12.